The van der Waals surface area contributed by atoms with Crippen molar-refractivity contribution in [2.24, 2.45) is 0 Å². The van der Waals surface area contributed by atoms with E-state index in [4.69, 9.17) is 0 Å². The lowest BCUT2D eigenvalue weighted by molar-refractivity contribution is -0.114. The number of aromatic amines is 1. The van der Waals surface area contributed by atoms with Crippen molar-refractivity contribution in [2.45, 2.75) is 6.92 Å². The summed E-state index contributed by atoms with van der Waals surface area (Å²) in [7, 11) is 0. The van der Waals surface area contributed by atoms with Gasteiger partial charge in [-0.15, -0.1) is 0 Å². The van der Waals surface area contributed by atoms with Crippen molar-refractivity contribution < 1.29 is 14.4 Å². The molecule has 0 aliphatic rings. The minimum atomic E-state index is -0.363. The zero-order valence-corrected chi connectivity index (χ0v) is 10.8. The average Bonchev–Trinajstić information content (AvgIpc) is 2.87. The minimum absolute atomic E-state index is 0.187. The fourth-order valence-electron chi connectivity index (χ4n) is 1.69. The lowest BCUT2D eigenvalue weighted by atomic mass is 10.2. The van der Waals surface area contributed by atoms with Crippen molar-refractivity contribution in [1.82, 2.24) is 4.98 Å². The molecule has 0 saturated heterocycles. The molecule has 6 nitrogen and oxygen atoms in total. The first-order chi connectivity index (χ1) is 9.58. The highest BCUT2D eigenvalue weighted by atomic mass is 16.2. The first-order valence-electron chi connectivity index (χ1n) is 5.91. The molecule has 6 heteroatoms. The molecule has 0 radical (unpaired) electrons. The Kier molecular flexibility index (Phi) is 3.95. The van der Waals surface area contributed by atoms with Crippen molar-refractivity contribution in [3.8, 4) is 0 Å². The Bertz CT molecular complexity index is 661. The Hall–Kier alpha value is -2.89. The molecular formula is C14H13N3O3. The fraction of sp³-hybridized carbons (Fsp3) is 0.0714. The maximum atomic E-state index is 11.9. The lowest BCUT2D eigenvalue weighted by Gasteiger charge is -2.06. The van der Waals surface area contributed by atoms with Gasteiger partial charge in [-0.05, 0) is 24.3 Å². The summed E-state index contributed by atoms with van der Waals surface area (Å²) in [6.45, 7) is 1.41. The van der Waals surface area contributed by atoms with E-state index in [1.807, 2.05) is 0 Å². The molecule has 0 aliphatic heterocycles. The maximum Gasteiger partial charge on any atom is 0.272 e. The topological polar surface area (TPSA) is 91.1 Å². The van der Waals surface area contributed by atoms with Crippen LogP contribution in [0.3, 0.4) is 0 Å². The van der Waals surface area contributed by atoms with Crippen LogP contribution >= 0.6 is 0 Å². The summed E-state index contributed by atoms with van der Waals surface area (Å²) in [6, 6.07) is 8.23. The molecule has 0 fully saturated rings. The maximum absolute atomic E-state index is 11.9. The van der Waals surface area contributed by atoms with Crippen LogP contribution in [0.5, 0.6) is 0 Å². The molecule has 0 unspecified atom stereocenters. The van der Waals surface area contributed by atoms with E-state index in [0.29, 0.717) is 23.2 Å². The van der Waals surface area contributed by atoms with Crippen molar-refractivity contribution in [3.05, 3.63) is 47.8 Å². The first kappa shape index (κ1) is 13.5. The third-order valence-corrected chi connectivity index (χ3v) is 2.53. The van der Waals surface area contributed by atoms with Crippen LogP contribution in [-0.4, -0.2) is 23.1 Å². The van der Waals surface area contributed by atoms with E-state index in [-0.39, 0.29) is 17.5 Å². The van der Waals surface area contributed by atoms with Gasteiger partial charge in [-0.1, -0.05) is 6.07 Å². The summed E-state index contributed by atoms with van der Waals surface area (Å²) >= 11 is 0. The standard InChI is InChI=1S/C14H13N3O3/c1-9(19)16-11-3-2-4-12(6-11)17-14(20)13-5-10(8-18)7-15-13/h2-8,15H,1H3,(H,16,19)(H,17,20). The van der Waals surface area contributed by atoms with E-state index < -0.39 is 0 Å². The molecule has 1 aromatic carbocycles. The number of benzene rings is 1. The van der Waals surface area contributed by atoms with Gasteiger partial charge in [-0.25, -0.2) is 0 Å². The zero-order chi connectivity index (χ0) is 14.5. The summed E-state index contributed by atoms with van der Waals surface area (Å²) < 4.78 is 0. The number of H-pyrrole nitrogens is 1. The van der Waals surface area contributed by atoms with Gasteiger partial charge < -0.3 is 15.6 Å². The summed E-state index contributed by atoms with van der Waals surface area (Å²) in [5, 5.41) is 5.30. The van der Waals surface area contributed by atoms with Crippen LogP contribution in [0.2, 0.25) is 0 Å². The second-order valence-electron chi connectivity index (χ2n) is 4.18. The molecule has 3 N–H and O–H groups in total. The molecule has 0 spiro atoms. The van der Waals surface area contributed by atoms with Gasteiger partial charge in [0, 0.05) is 30.1 Å². The monoisotopic (exact) mass is 271 g/mol. The van der Waals surface area contributed by atoms with E-state index in [2.05, 4.69) is 15.6 Å². The molecule has 0 atom stereocenters. The van der Waals surface area contributed by atoms with Crippen LogP contribution in [0.4, 0.5) is 11.4 Å². The Morgan fingerprint density at radius 3 is 2.45 bits per heavy atom. The van der Waals surface area contributed by atoms with Crippen LogP contribution in [0, 0.1) is 0 Å². The van der Waals surface area contributed by atoms with E-state index >= 15 is 0 Å². The summed E-state index contributed by atoms with van der Waals surface area (Å²) in [6.07, 6.45) is 2.11. The second-order valence-corrected chi connectivity index (χ2v) is 4.18. The fourth-order valence-corrected chi connectivity index (χ4v) is 1.69. The Morgan fingerprint density at radius 1 is 1.15 bits per heavy atom. The number of nitrogens with one attached hydrogen (secondary N) is 3. The number of amides is 2. The van der Waals surface area contributed by atoms with Gasteiger partial charge in [-0.3, -0.25) is 14.4 Å². The minimum Gasteiger partial charge on any atom is -0.356 e. The largest absolute Gasteiger partial charge is 0.356 e. The molecule has 102 valence electrons. The third-order valence-electron chi connectivity index (χ3n) is 2.53. The average molecular weight is 271 g/mol. The molecule has 2 aromatic rings. The van der Waals surface area contributed by atoms with Crippen LogP contribution in [0.15, 0.2) is 36.5 Å². The number of hydrogen-bond donors (Lipinski definition) is 3. The number of anilines is 2. The van der Waals surface area contributed by atoms with Gasteiger partial charge in [0.1, 0.15) is 5.69 Å². The van der Waals surface area contributed by atoms with Gasteiger partial charge in [0.25, 0.3) is 5.91 Å². The number of aromatic nitrogens is 1. The van der Waals surface area contributed by atoms with Gasteiger partial charge in [-0.2, -0.15) is 0 Å². The van der Waals surface area contributed by atoms with E-state index in [0.717, 1.165) is 0 Å². The smallest absolute Gasteiger partial charge is 0.272 e. The number of hydrogen-bond acceptors (Lipinski definition) is 3. The second kappa shape index (κ2) is 5.83. The molecular weight excluding hydrogens is 258 g/mol. The highest BCUT2D eigenvalue weighted by Crippen LogP contribution is 2.16. The highest BCUT2D eigenvalue weighted by molar-refractivity contribution is 6.04. The normalized spacial score (nSPS) is 9.85. The van der Waals surface area contributed by atoms with Crippen molar-refractivity contribution in [2.75, 3.05) is 10.6 Å². The van der Waals surface area contributed by atoms with Crippen LogP contribution in [0.1, 0.15) is 27.8 Å². The molecule has 1 aromatic heterocycles. The van der Waals surface area contributed by atoms with Crippen molar-refractivity contribution >= 4 is 29.5 Å². The van der Waals surface area contributed by atoms with Crippen LogP contribution < -0.4 is 10.6 Å². The molecule has 20 heavy (non-hydrogen) atoms. The molecule has 1 heterocycles. The number of aldehydes is 1. The number of rotatable bonds is 4. The Morgan fingerprint density at radius 2 is 1.85 bits per heavy atom. The number of carbonyl (C=O) groups is 3. The number of carbonyl (C=O) groups excluding carboxylic acids is 3. The predicted molar refractivity (Wildman–Crippen MR) is 74.9 cm³/mol. The third kappa shape index (κ3) is 3.32. The Labute approximate surface area is 115 Å². The van der Waals surface area contributed by atoms with E-state index in [1.54, 1.807) is 24.3 Å². The molecule has 0 aliphatic carbocycles. The predicted octanol–water partition coefficient (Wildman–Crippen LogP) is 2.04. The lowest BCUT2D eigenvalue weighted by Crippen LogP contribution is -2.12. The van der Waals surface area contributed by atoms with Crippen molar-refractivity contribution in [1.29, 1.82) is 0 Å². The molecule has 2 amide bonds. The van der Waals surface area contributed by atoms with E-state index in [9.17, 15) is 14.4 Å². The van der Waals surface area contributed by atoms with Gasteiger partial charge in [0.2, 0.25) is 5.91 Å². The van der Waals surface area contributed by atoms with E-state index in [1.165, 1.54) is 19.2 Å². The first-order valence-corrected chi connectivity index (χ1v) is 5.91. The quantitative estimate of drug-likeness (QED) is 0.743. The molecule has 0 bridgehead atoms. The van der Waals surface area contributed by atoms with Gasteiger partial charge >= 0.3 is 0 Å². The molecule has 2 rings (SSSR count). The molecule has 0 saturated carbocycles. The highest BCUT2D eigenvalue weighted by Gasteiger charge is 2.09. The summed E-state index contributed by atoms with van der Waals surface area (Å²) in [5.74, 6) is -0.549. The van der Waals surface area contributed by atoms with Crippen molar-refractivity contribution in [3.63, 3.8) is 0 Å². The Balaban J connectivity index is 2.11. The van der Waals surface area contributed by atoms with Crippen LogP contribution in [0.25, 0.3) is 0 Å². The van der Waals surface area contributed by atoms with Gasteiger partial charge in [0.05, 0.1) is 0 Å². The summed E-state index contributed by atoms with van der Waals surface area (Å²) in [4.78, 5) is 36.2. The SMILES string of the molecule is CC(=O)Nc1cccc(NC(=O)c2cc(C=O)c[nH]2)c1. The van der Waals surface area contributed by atoms with Gasteiger partial charge in [0.15, 0.2) is 6.29 Å². The zero-order valence-electron chi connectivity index (χ0n) is 10.8. The summed E-state index contributed by atoms with van der Waals surface area (Å²) in [5.41, 5.74) is 1.83. The van der Waals surface area contributed by atoms with Crippen LogP contribution in [-0.2, 0) is 4.79 Å².